The summed E-state index contributed by atoms with van der Waals surface area (Å²) in [5.41, 5.74) is 1.80. The SMILES string of the molecule is COCc1cc(=O)[nH]c2cc(NC(=O)COc3ccc4ccccc4c3)ccc12. The highest BCUT2D eigenvalue weighted by Crippen LogP contribution is 2.22. The molecule has 0 fully saturated rings. The number of carbonyl (C=O) groups excluding carboxylic acids is 1. The highest BCUT2D eigenvalue weighted by Gasteiger charge is 2.08. The first-order valence-electron chi connectivity index (χ1n) is 9.19. The van der Waals surface area contributed by atoms with Crippen LogP contribution in [0, 0.1) is 0 Å². The minimum absolute atomic E-state index is 0.114. The average Bonchev–Trinajstić information content (AvgIpc) is 2.72. The minimum atomic E-state index is -0.284. The monoisotopic (exact) mass is 388 g/mol. The number of hydrogen-bond acceptors (Lipinski definition) is 4. The lowest BCUT2D eigenvalue weighted by Crippen LogP contribution is -2.20. The smallest absolute Gasteiger partial charge is 0.262 e. The third-order valence-electron chi connectivity index (χ3n) is 4.60. The van der Waals surface area contributed by atoms with Gasteiger partial charge in [-0.05, 0) is 40.6 Å². The molecular formula is C23H20N2O4. The highest BCUT2D eigenvalue weighted by molar-refractivity contribution is 5.95. The molecule has 0 radical (unpaired) electrons. The molecule has 146 valence electrons. The second kappa shape index (κ2) is 8.16. The van der Waals surface area contributed by atoms with Gasteiger partial charge in [-0.1, -0.05) is 36.4 Å². The largest absolute Gasteiger partial charge is 0.484 e. The van der Waals surface area contributed by atoms with Crippen molar-refractivity contribution >= 4 is 33.3 Å². The summed E-state index contributed by atoms with van der Waals surface area (Å²) >= 11 is 0. The summed E-state index contributed by atoms with van der Waals surface area (Å²) in [7, 11) is 1.58. The molecule has 1 amide bonds. The summed E-state index contributed by atoms with van der Waals surface area (Å²) in [6.07, 6.45) is 0. The summed E-state index contributed by atoms with van der Waals surface area (Å²) < 4.78 is 10.8. The van der Waals surface area contributed by atoms with E-state index in [1.54, 1.807) is 19.2 Å². The first-order valence-corrected chi connectivity index (χ1v) is 9.19. The zero-order valence-corrected chi connectivity index (χ0v) is 15.9. The normalized spacial score (nSPS) is 10.9. The Balaban J connectivity index is 1.46. The van der Waals surface area contributed by atoms with Crippen molar-refractivity contribution in [1.29, 1.82) is 0 Å². The van der Waals surface area contributed by atoms with Gasteiger partial charge in [-0.25, -0.2) is 0 Å². The fourth-order valence-electron chi connectivity index (χ4n) is 3.29. The van der Waals surface area contributed by atoms with Crippen molar-refractivity contribution in [1.82, 2.24) is 4.98 Å². The van der Waals surface area contributed by atoms with Crippen LogP contribution in [0.3, 0.4) is 0 Å². The van der Waals surface area contributed by atoms with Gasteiger partial charge in [0.05, 0.1) is 12.1 Å². The summed E-state index contributed by atoms with van der Waals surface area (Å²) in [6.45, 7) is 0.225. The van der Waals surface area contributed by atoms with E-state index < -0.39 is 0 Å². The van der Waals surface area contributed by atoms with Gasteiger partial charge in [0.15, 0.2) is 6.61 Å². The van der Waals surface area contributed by atoms with Crippen molar-refractivity contribution in [2.45, 2.75) is 6.61 Å². The van der Waals surface area contributed by atoms with E-state index >= 15 is 0 Å². The molecule has 0 saturated carbocycles. The number of pyridine rings is 1. The molecule has 1 heterocycles. The van der Waals surface area contributed by atoms with Crippen molar-refractivity contribution in [2.75, 3.05) is 19.0 Å². The standard InChI is InChI=1S/C23H20N2O4/c1-28-13-17-11-22(26)25-21-12-18(7-9-20(17)21)24-23(27)14-29-19-8-6-15-4-2-3-5-16(15)10-19/h2-12H,13-14H2,1H3,(H,24,27)(H,25,26). The Bertz CT molecular complexity index is 1250. The predicted molar refractivity (Wildman–Crippen MR) is 113 cm³/mol. The number of carbonyl (C=O) groups is 1. The summed E-state index contributed by atoms with van der Waals surface area (Å²) in [5.74, 6) is 0.346. The Labute approximate surface area is 167 Å². The fraction of sp³-hybridized carbons (Fsp3) is 0.130. The number of anilines is 1. The quantitative estimate of drug-likeness (QED) is 0.526. The number of aromatic amines is 1. The Morgan fingerprint density at radius 2 is 1.83 bits per heavy atom. The van der Waals surface area contributed by atoms with E-state index in [0.29, 0.717) is 23.6 Å². The van der Waals surface area contributed by atoms with Gasteiger partial charge in [0.1, 0.15) is 5.75 Å². The lowest BCUT2D eigenvalue weighted by atomic mass is 10.1. The van der Waals surface area contributed by atoms with Crippen LogP contribution in [0.2, 0.25) is 0 Å². The molecule has 2 N–H and O–H groups in total. The first-order chi connectivity index (χ1) is 14.1. The van der Waals surface area contributed by atoms with Crippen molar-refractivity contribution < 1.29 is 14.3 Å². The Kier molecular flexibility index (Phi) is 5.27. The van der Waals surface area contributed by atoms with Crippen LogP contribution in [-0.4, -0.2) is 24.6 Å². The van der Waals surface area contributed by atoms with Crippen LogP contribution in [0.5, 0.6) is 5.75 Å². The van der Waals surface area contributed by atoms with Gasteiger partial charge in [-0.3, -0.25) is 9.59 Å². The van der Waals surface area contributed by atoms with Crippen molar-refractivity contribution in [3.8, 4) is 5.75 Å². The number of aromatic nitrogens is 1. The van der Waals surface area contributed by atoms with Gasteiger partial charge in [0, 0.05) is 24.2 Å². The zero-order valence-electron chi connectivity index (χ0n) is 15.9. The molecule has 0 saturated heterocycles. The maximum Gasteiger partial charge on any atom is 0.262 e. The maximum absolute atomic E-state index is 12.3. The van der Waals surface area contributed by atoms with Gasteiger partial charge in [-0.2, -0.15) is 0 Å². The fourth-order valence-corrected chi connectivity index (χ4v) is 3.29. The van der Waals surface area contributed by atoms with Crippen LogP contribution < -0.4 is 15.6 Å². The predicted octanol–water partition coefficient (Wildman–Crippen LogP) is 3.85. The Morgan fingerprint density at radius 1 is 1.00 bits per heavy atom. The lowest BCUT2D eigenvalue weighted by molar-refractivity contribution is -0.118. The van der Waals surface area contributed by atoms with E-state index in [-0.39, 0.29) is 18.1 Å². The number of rotatable bonds is 6. The molecule has 4 aromatic rings. The Morgan fingerprint density at radius 3 is 2.66 bits per heavy atom. The van der Waals surface area contributed by atoms with Crippen LogP contribution in [0.4, 0.5) is 5.69 Å². The molecule has 6 nitrogen and oxygen atoms in total. The van der Waals surface area contributed by atoms with Crippen LogP contribution in [0.15, 0.2) is 71.5 Å². The molecule has 29 heavy (non-hydrogen) atoms. The number of hydrogen-bond donors (Lipinski definition) is 2. The third-order valence-corrected chi connectivity index (χ3v) is 4.60. The molecule has 4 rings (SSSR count). The number of ether oxygens (including phenoxy) is 2. The van der Waals surface area contributed by atoms with Gasteiger partial charge in [0.2, 0.25) is 5.56 Å². The number of amides is 1. The van der Waals surface area contributed by atoms with E-state index in [0.717, 1.165) is 21.7 Å². The van der Waals surface area contributed by atoms with E-state index in [1.165, 1.54) is 6.07 Å². The van der Waals surface area contributed by atoms with Crippen molar-refractivity contribution in [3.63, 3.8) is 0 Å². The summed E-state index contributed by atoms with van der Waals surface area (Å²) in [6, 6.07) is 20.5. The van der Waals surface area contributed by atoms with Crippen molar-refractivity contribution in [2.24, 2.45) is 0 Å². The van der Waals surface area contributed by atoms with Crippen molar-refractivity contribution in [3.05, 3.63) is 82.6 Å². The second-order valence-corrected chi connectivity index (χ2v) is 6.70. The number of methoxy groups -OCH3 is 1. The number of nitrogens with one attached hydrogen (secondary N) is 2. The minimum Gasteiger partial charge on any atom is -0.484 e. The van der Waals surface area contributed by atoms with Gasteiger partial charge < -0.3 is 19.8 Å². The molecule has 0 spiro atoms. The lowest BCUT2D eigenvalue weighted by Gasteiger charge is -2.10. The van der Waals surface area contributed by atoms with Crippen LogP contribution in [0.25, 0.3) is 21.7 Å². The summed E-state index contributed by atoms with van der Waals surface area (Å²) in [5, 5.41) is 5.83. The van der Waals surface area contributed by atoms with Gasteiger partial charge in [0.25, 0.3) is 5.91 Å². The van der Waals surface area contributed by atoms with Crippen LogP contribution in [-0.2, 0) is 16.1 Å². The summed E-state index contributed by atoms with van der Waals surface area (Å²) in [4.78, 5) is 26.9. The van der Waals surface area contributed by atoms with E-state index in [2.05, 4.69) is 10.3 Å². The van der Waals surface area contributed by atoms with Crippen LogP contribution >= 0.6 is 0 Å². The molecule has 6 heteroatoms. The molecule has 0 aliphatic carbocycles. The number of fused-ring (bicyclic) bond motifs is 2. The van der Waals surface area contributed by atoms with E-state index in [4.69, 9.17) is 9.47 Å². The van der Waals surface area contributed by atoms with E-state index in [9.17, 15) is 9.59 Å². The topological polar surface area (TPSA) is 80.4 Å². The first kappa shape index (κ1) is 18.7. The zero-order chi connectivity index (χ0) is 20.2. The molecular weight excluding hydrogens is 368 g/mol. The molecule has 0 unspecified atom stereocenters. The molecule has 0 bridgehead atoms. The third kappa shape index (κ3) is 4.28. The maximum atomic E-state index is 12.3. The van der Waals surface area contributed by atoms with E-state index in [1.807, 2.05) is 48.5 Å². The number of H-pyrrole nitrogens is 1. The molecule has 1 aromatic heterocycles. The molecule has 0 aliphatic rings. The average molecular weight is 388 g/mol. The van der Waals surface area contributed by atoms with Crippen LogP contribution in [0.1, 0.15) is 5.56 Å². The second-order valence-electron chi connectivity index (χ2n) is 6.70. The molecule has 0 aliphatic heterocycles. The highest BCUT2D eigenvalue weighted by atomic mass is 16.5. The van der Waals surface area contributed by atoms with Gasteiger partial charge >= 0.3 is 0 Å². The Hall–Kier alpha value is -3.64. The van der Waals surface area contributed by atoms with Gasteiger partial charge in [-0.15, -0.1) is 0 Å². The molecule has 3 aromatic carbocycles. The molecule has 0 atom stereocenters. The number of benzene rings is 3.